The second-order valence-corrected chi connectivity index (χ2v) is 8.17. The monoisotopic (exact) mass is 370 g/mol. The molecule has 0 spiro atoms. The van der Waals surface area contributed by atoms with Crippen molar-refractivity contribution in [3.05, 3.63) is 30.3 Å². The zero-order chi connectivity index (χ0) is 18.7. The molecule has 3 amide bonds. The highest BCUT2D eigenvalue weighted by Crippen LogP contribution is 2.32. The van der Waals surface area contributed by atoms with Gasteiger partial charge in [-0.15, -0.1) is 0 Å². The lowest BCUT2D eigenvalue weighted by Crippen LogP contribution is -2.64. The maximum Gasteiger partial charge on any atom is 0.320 e. The van der Waals surface area contributed by atoms with Crippen LogP contribution in [0.2, 0.25) is 0 Å². The predicted octanol–water partition coefficient (Wildman–Crippen LogP) is 2.82. The summed E-state index contributed by atoms with van der Waals surface area (Å²) in [7, 11) is 0. The normalized spacial score (nSPS) is 24.9. The van der Waals surface area contributed by atoms with Gasteiger partial charge in [0, 0.05) is 31.4 Å². The Morgan fingerprint density at radius 2 is 1.74 bits per heavy atom. The van der Waals surface area contributed by atoms with Gasteiger partial charge in [0.2, 0.25) is 5.91 Å². The summed E-state index contributed by atoms with van der Waals surface area (Å²) in [5, 5.41) is 5.96. The number of hydrogen-bond acceptors (Lipinski definition) is 3. The third-order valence-electron chi connectivity index (χ3n) is 6.38. The average Bonchev–Trinajstić information content (AvgIpc) is 3.16. The summed E-state index contributed by atoms with van der Waals surface area (Å²) in [6.07, 6.45) is 6.99. The number of para-hydroxylation sites is 1. The smallest absolute Gasteiger partial charge is 0.320 e. The number of rotatable bonds is 3. The molecule has 2 N–H and O–H groups in total. The van der Waals surface area contributed by atoms with E-state index in [1.807, 2.05) is 35.2 Å². The van der Waals surface area contributed by atoms with Gasteiger partial charge in [0.05, 0.1) is 0 Å². The molecule has 0 aromatic heterocycles. The lowest BCUT2D eigenvalue weighted by molar-refractivity contribution is -0.142. The van der Waals surface area contributed by atoms with Crippen molar-refractivity contribution in [2.45, 2.75) is 56.5 Å². The van der Waals surface area contributed by atoms with Crippen LogP contribution in [0.4, 0.5) is 10.5 Å². The number of amides is 3. The molecular weight excluding hydrogens is 340 g/mol. The summed E-state index contributed by atoms with van der Waals surface area (Å²) < 4.78 is 0. The molecule has 6 nitrogen and oxygen atoms in total. The molecule has 2 heterocycles. The van der Waals surface area contributed by atoms with Crippen molar-refractivity contribution in [2.75, 3.05) is 31.5 Å². The standard InChI is InChI=1S/C21H30N4O2/c26-19(25-15-14-24-13-7-10-18(24)16-25)21(11-5-2-6-12-21)23-20(27)22-17-8-3-1-4-9-17/h1,3-4,8-9,18H,2,5-7,10-16H2,(H2,22,23,27). The number of hydrogen-bond donors (Lipinski definition) is 2. The number of anilines is 1. The third kappa shape index (κ3) is 3.95. The second-order valence-electron chi connectivity index (χ2n) is 8.17. The minimum Gasteiger partial charge on any atom is -0.338 e. The van der Waals surface area contributed by atoms with Crippen LogP contribution in [0.25, 0.3) is 0 Å². The van der Waals surface area contributed by atoms with Crippen molar-refractivity contribution in [3.63, 3.8) is 0 Å². The van der Waals surface area contributed by atoms with Crippen molar-refractivity contribution in [1.29, 1.82) is 0 Å². The summed E-state index contributed by atoms with van der Waals surface area (Å²) in [5.74, 6) is 0.122. The van der Waals surface area contributed by atoms with Gasteiger partial charge in [0.1, 0.15) is 5.54 Å². The van der Waals surface area contributed by atoms with E-state index in [4.69, 9.17) is 0 Å². The molecule has 1 aromatic rings. The second kappa shape index (κ2) is 7.89. The SMILES string of the molecule is O=C(Nc1ccccc1)NC1(C(=O)N2CCN3CCCC3C2)CCCCC1. The Hall–Kier alpha value is -2.08. The first-order chi connectivity index (χ1) is 13.2. The van der Waals surface area contributed by atoms with Gasteiger partial charge in [-0.05, 0) is 44.4 Å². The van der Waals surface area contributed by atoms with E-state index in [-0.39, 0.29) is 11.9 Å². The lowest BCUT2D eigenvalue weighted by Gasteiger charge is -2.44. The molecule has 0 radical (unpaired) electrons. The van der Waals surface area contributed by atoms with Gasteiger partial charge in [0.25, 0.3) is 0 Å². The zero-order valence-electron chi connectivity index (χ0n) is 16.0. The summed E-state index contributed by atoms with van der Waals surface area (Å²) in [5.41, 5.74) is -0.00860. The molecule has 0 bridgehead atoms. The van der Waals surface area contributed by atoms with Gasteiger partial charge in [-0.25, -0.2) is 4.79 Å². The number of fused-ring (bicyclic) bond motifs is 1. The van der Waals surface area contributed by atoms with Gasteiger partial charge in [0.15, 0.2) is 0 Å². The van der Waals surface area contributed by atoms with E-state index in [9.17, 15) is 9.59 Å². The van der Waals surface area contributed by atoms with Crippen molar-refractivity contribution in [3.8, 4) is 0 Å². The van der Waals surface area contributed by atoms with Gasteiger partial charge < -0.3 is 15.5 Å². The quantitative estimate of drug-likeness (QED) is 0.860. The van der Waals surface area contributed by atoms with E-state index in [1.165, 1.54) is 12.8 Å². The van der Waals surface area contributed by atoms with Gasteiger partial charge in [-0.2, -0.15) is 0 Å². The maximum atomic E-state index is 13.5. The van der Waals surface area contributed by atoms with E-state index in [0.717, 1.165) is 64.0 Å². The van der Waals surface area contributed by atoms with E-state index >= 15 is 0 Å². The zero-order valence-corrected chi connectivity index (χ0v) is 16.0. The molecule has 1 atom stereocenters. The van der Waals surface area contributed by atoms with Crippen LogP contribution in [0.1, 0.15) is 44.9 Å². The molecule has 4 rings (SSSR count). The van der Waals surface area contributed by atoms with Gasteiger partial charge >= 0.3 is 6.03 Å². The highest BCUT2D eigenvalue weighted by Gasteiger charge is 2.45. The highest BCUT2D eigenvalue weighted by atomic mass is 16.2. The summed E-state index contributed by atoms with van der Waals surface area (Å²) in [4.78, 5) is 30.7. The molecule has 6 heteroatoms. The molecule has 1 aliphatic carbocycles. The molecule has 3 aliphatic rings. The molecular formula is C21H30N4O2. The molecule has 1 saturated carbocycles. The van der Waals surface area contributed by atoms with Crippen LogP contribution in [-0.2, 0) is 4.79 Å². The van der Waals surface area contributed by atoms with Gasteiger partial charge in [-0.1, -0.05) is 37.5 Å². The van der Waals surface area contributed by atoms with Crippen LogP contribution >= 0.6 is 0 Å². The molecule has 3 fully saturated rings. The fourth-order valence-electron chi connectivity index (χ4n) is 4.93. The maximum absolute atomic E-state index is 13.5. The third-order valence-corrected chi connectivity index (χ3v) is 6.38. The van der Waals surface area contributed by atoms with Crippen LogP contribution in [-0.4, -0.2) is 59.5 Å². The van der Waals surface area contributed by atoms with Crippen LogP contribution in [0, 0.1) is 0 Å². The highest BCUT2D eigenvalue weighted by molar-refractivity contribution is 5.96. The summed E-state index contributed by atoms with van der Waals surface area (Å²) in [6.45, 7) is 3.71. The average molecular weight is 370 g/mol. The largest absolute Gasteiger partial charge is 0.338 e. The lowest BCUT2D eigenvalue weighted by atomic mass is 9.80. The number of carbonyl (C=O) groups is 2. The van der Waals surface area contributed by atoms with Crippen molar-refractivity contribution in [1.82, 2.24) is 15.1 Å². The van der Waals surface area contributed by atoms with E-state index in [1.54, 1.807) is 0 Å². The molecule has 27 heavy (non-hydrogen) atoms. The summed E-state index contributed by atoms with van der Waals surface area (Å²) in [6, 6.07) is 9.62. The van der Waals surface area contributed by atoms with E-state index in [2.05, 4.69) is 15.5 Å². The Bertz CT molecular complexity index is 672. The molecule has 1 unspecified atom stereocenters. The number of nitrogens with zero attached hydrogens (tertiary/aromatic N) is 2. The topological polar surface area (TPSA) is 64.7 Å². The summed E-state index contributed by atoms with van der Waals surface area (Å²) >= 11 is 0. The minimum atomic E-state index is -0.752. The Morgan fingerprint density at radius 3 is 2.52 bits per heavy atom. The molecule has 2 aliphatic heterocycles. The Kier molecular flexibility index (Phi) is 5.34. The van der Waals surface area contributed by atoms with E-state index < -0.39 is 5.54 Å². The number of nitrogens with one attached hydrogen (secondary N) is 2. The van der Waals surface area contributed by atoms with Crippen molar-refractivity contribution >= 4 is 17.6 Å². The first-order valence-electron chi connectivity index (χ1n) is 10.3. The van der Waals surface area contributed by atoms with Crippen LogP contribution in [0.5, 0.6) is 0 Å². The number of carbonyl (C=O) groups excluding carboxylic acids is 2. The van der Waals surface area contributed by atoms with Gasteiger partial charge in [-0.3, -0.25) is 9.69 Å². The molecule has 2 saturated heterocycles. The van der Waals surface area contributed by atoms with Crippen molar-refractivity contribution in [2.24, 2.45) is 0 Å². The minimum absolute atomic E-state index is 0.122. The molecule has 1 aromatic carbocycles. The first kappa shape index (κ1) is 18.3. The Morgan fingerprint density at radius 1 is 0.963 bits per heavy atom. The van der Waals surface area contributed by atoms with Crippen molar-refractivity contribution < 1.29 is 9.59 Å². The van der Waals surface area contributed by atoms with Crippen LogP contribution < -0.4 is 10.6 Å². The fraction of sp³-hybridized carbons (Fsp3) is 0.619. The number of benzene rings is 1. The predicted molar refractivity (Wildman–Crippen MR) is 106 cm³/mol. The van der Waals surface area contributed by atoms with Crippen LogP contribution in [0.3, 0.4) is 0 Å². The first-order valence-corrected chi connectivity index (χ1v) is 10.3. The van der Waals surface area contributed by atoms with Crippen LogP contribution in [0.15, 0.2) is 30.3 Å². The Balaban J connectivity index is 1.46. The van der Waals surface area contributed by atoms with E-state index in [0.29, 0.717) is 6.04 Å². The number of urea groups is 1. The Labute approximate surface area is 161 Å². The number of piperazine rings is 1. The molecule has 146 valence electrons. The fourth-order valence-corrected chi connectivity index (χ4v) is 4.93.